The number of nitrogens with one attached hydrogen (secondary N) is 2. The van der Waals surface area contributed by atoms with Crippen molar-refractivity contribution < 1.29 is 14.4 Å². The molecule has 8 heteroatoms. The molecule has 1 unspecified atom stereocenters. The Bertz CT molecular complexity index is 1140. The molecular formula is C28H35BrN4O3. The summed E-state index contributed by atoms with van der Waals surface area (Å²) in [5.74, 6) is -0.288. The fraction of sp³-hybridized carbons (Fsp3) is 0.464. The first kappa shape index (κ1) is 26.4. The Morgan fingerprint density at radius 1 is 1.11 bits per heavy atom. The van der Waals surface area contributed by atoms with Crippen molar-refractivity contribution in [1.29, 1.82) is 0 Å². The molecule has 4 N–H and O–H groups in total. The summed E-state index contributed by atoms with van der Waals surface area (Å²) in [5, 5.41) is 5.91. The molecule has 3 amide bonds. The van der Waals surface area contributed by atoms with E-state index in [4.69, 9.17) is 5.73 Å². The van der Waals surface area contributed by atoms with Gasteiger partial charge in [-0.15, -0.1) is 0 Å². The number of carbonyl (C=O) groups excluding carboxylic acids is 3. The Hall–Kier alpha value is -2.71. The number of hydrogen-bond donors (Lipinski definition) is 3. The van der Waals surface area contributed by atoms with Gasteiger partial charge in [0.25, 0.3) is 11.8 Å². The van der Waals surface area contributed by atoms with Gasteiger partial charge in [-0.25, -0.2) is 0 Å². The molecule has 0 bridgehead atoms. The third-order valence-electron chi connectivity index (χ3n) is 7.28. The minimum absolute atomic E-state index is 0.141. The third kappa shape index (κ3) is 5.98. The monoisotopic (exact) mass is 554 g/mol. The second kappa shape index (κ2) is 11.1. The topological polar surface area (TPSA) is 105 Å². The van der Waals surface area contributed by atoms with Crippen LogP contribution >= 0.6 is 15.9 Å². The molecule has 7 nitrogen and oxygen atoms in total. The Balaban J connectivity index is 1.72. The van der Waals surface area contributed by atoms with E-state index in [2.05, 4.69) is 26.6 Å². The van der Waals surface area contributed by atoms with Gasteiger partial charge in [-0.05, 0) is 67.1 Å². The molecule has 36 heavy (non-hydrogen) atoms. The van der Waals surface area contributed by atoms with E-state index in [9.17, 15) is 14.4 Å². The predicted octanol–water partition coefficient (Wildman–Crippen LogP) is 5.10. The molecule has 4 rings (SSSR count). The molecule has 2 aliphatic rings. The van der Waals surface area contributed by atoms with Gasteiger partial charge in [0.15, 0.2) is 0 Å². The average Bonchev–Trinajstić information content (AvgIpc) is 3.02. The Morgan fingerprint density at radius 3 is 2.56 bits per heavy atom. The second-order valence-corrected chi connectivity index (χ2v) is 11.6. The van der Waals surface area contributed by atoms with Crippen molar-refractivity contribution in [2.45, 2.75) is 58.4 Å². The lowest BCUT2D eigenvalue weighted by Gasteiger charge is -2.37. The molecular weight excluding hydrogens is 520 g/mol. The number of hydrogen-bond acceptors (Lipinski definition) is 4. The zero-order valence-electron chi connectivity index (χ0n) is 21.0. The van der Waals surface area contributed by atoms with E-state index < -0.39 is 0 Å². The van der Waals surface area contributed by atoms with Crippen LogP contribution in [-0.4, -0.2) is 36.9 Å². The fourth-order valence-corrected chi connectivity index (χ4v) is 5.46. The molecule has 1 aliphatic heterocycles. The normalized spacial score (nSPS) is 18.7. The summed E-state index contributed by atoms with van der Waals surface area (Å²) in [6, 6.07) is 12.3. The predicted molar refractivity (Wildman–Crippen MR) is 146 cm³/mol. The summed E-state index contributed by atoms with van der Waals surface area (Å²) in [5.41, 5.74) is 7.65. The van der Waals surface area contributed by atoms with Crippen molar-refractivity contribution in [3.8, 4) is 0 Å². The van der Waals surface area contributed by atoms with Crippen LogP contribution in [-0.2, 0) is 4.79 Å². The number of benzene rings is 2. The minimum Gasteiger partial charge on any atom is -0.351 e. The number of fused-ring (bicyclic) bond motifs is 1. The zero-order valence-corrected chi connectivity index (χ0v) is 22.6. The molecule has 0 radical (unpaired) electrons. The SMILES string of the molecule is CC(C)(CN)CNC(=O)c1ccc2c(c1)NC(=O)CC(C1CCCCC1)N2C(=O)c1cccc(Br)c1. The molecule has 1 aliphatic carbocycles. The minimum atomic E-state index is -0.247. The molecule has 192 valence electrons. The Morgan fingerprint density at radius 2 is 1.86 bits per heavy atom. The van der Waals surface area contributed by atoms with Crippen LogP contribution in [0.15, 0.2) is 46.9 Å². The third-order valence-corrected chi connectivity index (χ3v) is 7.78. The highest BCUT2D eigenvalue weighted by Crippen LogP contribution is 2.39. The van der Waals surface area contributed by atoms with Crippen LogP contribution in [0.5, 0.6) is 0 Å². The molecule has 1 saturated carbocycles. The van der Waals surface area contributed by atoms with Crippen LogP contribution in [0.2, 0.25) is 0 Å². The average molecular weight is 556 g/mol. The van der Waals surface area contributed by atoms with Gasteiger partial charge in [0.05, 0.1) is 11.4 Å². The van der Waals surface area contributed by atoms with Crippen molar-refractivity contribution in [3.63, 3.8) is 0 Å². The summed E-state index contributed by atoms with van der Waals surface area (Å²) in [6.07, 6.45) is 5.61. The summed E-state index contributed by atoms with van der Waals surface area (Å²) in [4.78, 5) is 41.7. The molecule has 1 atom stereocenters. The van der Waals surface area contributed by atoms with Crippen molar-refractivity contribution in [2.75, 3.05) is 23.3 Å². The zero-order chi connectivity index (χ0) is 25.9. The lowest BCUT2D eigenvalue weighted by Crippen LogP contribution is -2.46. The standard InChI is InChI=1S/C28H35BrN4O3/c1-28(2,16-30)17-31-26(35)19-11-12-23-22(14-19)32-25(34)15-24(18-7-4-3-5-8-18)33(23)27(36)20-9-6-10-21(29)13-20/h6,9-14,18,24H,3-5,7-8,15-17,30H2,1-2H3,(H,31,35)(H,32,34). The Kier molecular flexibility index (Phi) is 8.15. The van der Waals surface area contributed by atoms with Gasteiger partial charge in [0.1, 0.15) is 0 Å². The van der Waals surface area contributed by atoms with Gasteiger partial charge >= 0.3 is 0 Å². The molecule has 1 fully saturated rings. The van der Waals surface area contributed by atoms with Gasteiger partial charge in [-0.1, -0.05) is 55.1 Å². The van der Waals surface area contributed by atoms with Crippen molar-refractivity contribution in [1.82, 2.24) is 5.32 Å². The quantitative estimate of drug-likeness (QED) is 0.461. The van der Waals surface area contributed by atoms with Gasteiger partial charge in [-0.2, -0.15) is 0 Å². The van der Waals surface area contributed by atoms with Crippen LogP contribution in [0.1, 0.15) is 73.1 Å². The number of nitrogens with zero attached hydrogens (tertiary/aromatic N) is 1. The number of rotatable bonds is 6. The first-order valence-corrected chi connectivity index (χ1v) is 13.5. The smallest absolute Gasteiger partial charge is 0.258 e. The highest BCUT2D eigenvalue weighted by Gasteiger charge is 2.38. The van der Waals surface area contributed by atoms with E-state index in [1.54, 1.807) is 35.2 Å². The molecule has 0 spiro atoms. The molecule has 2 aromatic rings. The van der Waals surface area contributed by atoms with Gasteiger partial charge < -0.3 is 21.3 Å². The van der Waals surface area contributed by atoms with Gasteiger partial charge in [0.2, 0.25) is 5.91 Å². The first-order chi connectivity index (χ1) is 17.2. The highest BCUT2D eigenvalue weighted by molar-refractivity contribution is 9.10. The van der Waals surface area contributed by atoms with Crippen molar-refractivity contribution >= 4 is 45.0 Å². The van der Waals surface area contributed by atoms with Crippen molar-refractivity contribution in [2.24, 2.45) is 17.1 Å². The summed E-state index contributed by atoms with van der Waals surface area (Å²) >= 11 is 3.47. The second-order valence-electron chi connectivity index (χ2n) is 10.7. The van der Waals surface area contributed by atoms with Crippen LogP contribution in [0.25, 0.3) is 0 Å². The van der Waals surface area contributed by atoms with E-state index in [0.717, 1.165) is 30.2 Å². The summed E-state index contributed by atoms with van der Waals surface area (Å²) in [6.45, 7) is 4.86. The fourth-order valence-electron chi connectivity index (χ4n) is 5.06. The molecule has 1 heterocycles. The number of carbonyl (C=O) groups is 3. The lowest BCUT2D eigenvalue weighted by molar-refractivity contribution is -0.116. The van der Waals surface area contributed by atoms with E-state index in [0.29, 0.717) is 35.6 Å². The van der Waals surface area contributed by atoms with Gasteiger partial charge in [-0.3, -0.25) is 14.4 Å². The molecule has 2 aromatic carbocycles. The number of nitrogens with two attached hydrogens (primary N) is 1. The van der Waals surface area contributed by atoms with E-state index >= 15 is 0 Å². The van der Waals surface area contributed by atoms with Crippen LogP contribution in [0.4, 0.5) is 11.4 Å². The molecule has 0 saturated heterocycles. The maximum Gasteiger partial charge on any atom is 0.258 e. The van der Waals surface area contributed by atoms with E-state index in [1.807, 2.05) is 26.0 Å². The van der Waals surface area contributed by atoms with Crippen LogP contribution < -0.4 is 21.3 Å². The van der Waals surface area contributed by atoms with Crippen molar-refractivity contribution in [3.05, 3.63) is 58.1 Å². The summed E-state index contributed by atoms with van der Waals surface area (Å²) < 4.78 is 0.819. The number of halogens is 1. The molecule has 0 aromatic heterocycles. The highest BCUT2D eigenvalue weighted by atomic mass is 79.9. The van der Waals surface area contributed by atoms with E-state index in [1.165, 1.54) is 6.42 Å². The Labute approximate surface area is 221 Å². The summed E-state index contributed by atoms with van der Waals surface area (Å²) in [7, 11) is 0. The van der Waals surface area contributed by atoms with Crippen LogP contribution in [0.3, 0.4) is 0 Å². The van der Waals surface area contributed by atoms with E-state index in [-0.39, 0.29) is 41.5 Å². The largest absolute Gasteiger partial charge is 0.351 e. The maximum atomic E-state index is 14.0. The maximum absolute atomic E-state index is 14.0. The van der Waals surface area contributed by atoms with Gasteiger partial charge in [0, 0.05) is 34.6 Å². The first-order valence-electron chi connectivity index (χ1n) is 12.7. The number of anilines is 2. The number of amides is 3. The van der Waals surface area contributed by atoms with Crippen LogP contribution in [0, 0.1) is 11.3 Å². The lowest BCUT2D eigenvalue weighted by atomic mass is 9.81.